The van der Waals surface area contributed by atoms with Crippen LogP contribution in [0.1, 0.15) is 27.0 Å². The quantitative estimate of drug-likeness (QED) is 0.828. The molecular formula is C18H19N3O3S. The first kappa shape index (κ1) is 18.5. The monoisotopic (exact) mass is 357 g/mol. The zero-order chi connectivity index (χ0) is 18.4. The maximum atomic E-state index is 12.2. The minimum absolute atomic E-state index is 0.284. The van der Waals surface area contributed by atoms with Crippen LogP contribution in [0, 0.1) is 18.3 Å². The number of nitrogens with one attached hydrogen (secondary N) is 2. The molecule has 0 fully saturated rings. The molecule has 25 heavy (non-hydrogen) atoms. The molecule has 0 heterocycles. The lowest BCUT2D eigenvalue weighted by Gasteiger charge is -2.10. The molecule has 0 bridgehead atoms. The summed E-state index contributed by atoms with van der Waals surface area (Å²) in [7, 11) is -3.41. The fraction of sp³-hybridized carbons (Fsp3) is 0.222. The van der Waals surface area contributed by atoms with Gasteiger partial charge in [0.2, 0.25) is 10.0 Å². The second-order valence-corrected chi connectivity index (χ2v) is 7.47. The van der Waals surface area contributed by atoms with Crippen LogP contribution in [-0.2, 0) is 16.4 Å². The molecule has 7 heteroatoms. The Morgan fingerprint density at radius 3 is 2.64 bits per heavy atom. The van der Waals surface area contributed by atoms with Crippen LogP contribution >= 0.6 is 0 Å². The van der Waals surface area contributed by atoms with Crippen molar-refractivity contribution in [3.05, 3.63) is 64.7 Å². The molecule has 0 aliphatic rings. The summed E-state index contributed by atoms with van der Waals surface area (Å²) in [5.74, 6) is -0.284. The zero-order valence-electron chi connectivity index (χ0n) is 14.0. The summed E-state index contributed by atoms with van der Waals surface area (Å²) in [6, 6.07) is 14.1. The molecule has 130 valence electrons. The number of amides is 1. The third kappa shape index (κ3) is 5.62. The van der Waals surface area contributed by atoms with E-state index in [4.69, 9.17) is 5.26 Å². The Balaban J connectivity index is 2.01. The minimum Gasteiger partial charge on any atom is -0.352 e. The van der Waals surface area contributed by atoms with Crippen molar-refractivity contribution in [1.29, 1.82) is 5.26 Å². The van der Waals surface area contributed by atoms with E-state index in [1.807, 2.05) is 6.07 Å². The predicted octanol–water partition coefficient (Wildman–Crippen LogP) is 2.21. The van der Waals surface area contributed by atoms with Gasteiger partial charge >= 0.3 is 0 Å². The summed E-state index contributed by atoms with van der Waals surface area (Å²) in [4.78, 5) is 12.2. The molecule has 0 unspecified atom stereocenters. The normalized spacial score (nSPS) is 10.8. The highest BCUT2D eigenvalue weighted by molar-refractivity contribution is 7.92. The highest BCUT2D eigenvalue weighted by Gasteiger charge is 2.10. The molecule has 2 aromatic rings. The van der Waals surface area contributed by atoms with Crippen LogP contribution in [0.4, 0.5) is 5.69 Å². The molecule has 0 aliphatic heterocycles. The van der Waals surface area contributed by atoms with E-state index in [0.29, 0.717) is 29.8 Å². The zero-order valence-corrected chi connectivity index (χ0v) is 14.9. The van der Waals surface area contributed by atoms with Crippen molar-refractivity contribution in [2.75, 3.05) is 17.5 Å². The van der Waals surface area contributed by atoms with Gasteiger partial charge < -0.3 is 5.32 Å². The summed E-state index contributed by atoms with van der Waals surface area (Å²) in [5.41, 5.74) is 3.04. The summed E-state index contributed by atoms with van der Waals surface area (Å²) in [5, 5.41) is 11.7. The van der Waals surface area contributed by atoms with Crippen molar-refractivity contribution < 1.29 is 13.2 Å². The first-order chi connectivity index (χ1) is 11.8. The lowest BCUT2D eigenvalue weighted by atomic mass is 10.1. The molecule has 2 rings (SSSR count). The molecule has 0 atom stereocenters. The summed E-state index contributed by atoms with van der Waals surface area (Å²) in [6.07, 6.45) is 1.66. The highest BCUT2D eigenvalue weighted by atomic mass is 32.2. The van der Waals surface area contributed by atoms with Crippen molar-refractivity contribution in [3.8, 4) is 6.07 Å². The standard InChI is InChI=1S/C18H19N3O3S/c1-13-6-7-16(11-17(13)21-25(2,23)24)18(22)20-9-8-14-4-3-5-15(10-14)12-19/h3-7,10-11,21H,8-9H2,1-2H3,(H,20,22). The average molecular weight is 357 g/mol. The van der Waals surface area contributed by atoms with Crippen molar-refractivity contribution >= 4 is 21.6 Å². The SMILES string of the molecule is Cc1ccc(C(=O)NCCc2cccc(C#N)c2)cc1NS(C)(=O)=O. The summed E-state index contributed by atoms with van der Waals surface area (Å²) in [6.45, 7) is 2.17. The van der Waals surface area contributed by atoms with E-state index >= 15 is 0 Å². The molecule has 1 amide bonds. The molecule has 0 spiro atoms. The van der Waals surface area contributed by atoms with E-state index in [1.54, 1.807) is 37.3 Å². The van der Waals surface area contributed by atoms with E-state index in [-0.39, 0.29) is 5.91 Å². The molecule has 2 aromatic carbocycles. The number of nitrogens with zero attached hydrogens (tertiary/aromatic N) is 1. The molecule has 0 aliphatic carbocycles. The van der Waals surface area contributed by atoms with Crippen LogP contribution in [-0.4, -0.2) is 27.1 Å². The highest BCUT2D eigenvalue weighted by Crippen LogP contribution is 2.18. The number of rotatable bonds is 6. The van der Waals surface area contributed by atoms with E-state index in [1.165, 1.54) is 6.07 Å². The molecule has 0 aromatic heterocycles. The Hall–Kier alpha value is -2.85. The predicted molar refractivity (Wildman–Crippen MR) is 96.8 cm³/mol. The van der Waals surface area contributed by atoms with Gasteiger partial charge in [0, 0.05) is 12.1 Å². The van der Waals surface area contributed by atoms with Crippen molar-refractivity contribution in [1.82, 2.24) is 5.32 Å². The number of nitriles is 1. The number of carbonyl (C=O) groups excluding carboxylic acids is 1. The van der Waals surface area contributed by atoms with Crippen LogP contribution in [0.15, 0.2) is 42.5 Å². The first-order valence-corrected chi connectivity index (χ1v) is 9.53. The van der Waals surface area contributed by atoms with Gasteiger partial charge in [-0.05, 0) is 48.7 Å². The van der Waals surface area contributed by atoms with Gasteiger partial charge in [0.05, 0.1) is 23.6 Å². The topological polar surface area (TPSA) is 99.1 Å². The second kappa shape index (κ2) is 7.81. The average Bonchev–Trinajstić information content (AvgIpc) is 2.55. The smallest absolute Gasteiger partial charge is 0.251 e. The Kier molecular flexibility index (Phi) is 5.78. The minimum atomic E-state index is -3.41. The number of hydrogen-bond acceptors (Lipinski definition) is 4. The number of carbonyl (C=O) groups is 1. The van der Waals surface area contributed by atoms with Crippen LogP contribution in [0.5, 0.6) is 0 Å². The maximum Gasteiger partial charge on any atom is 0.251 e. The lowest BCUT2D eigenvalue weighted by Crippen LogP contribution is -2.26. The van der Waals surface area contributed by atoms with Gasteiger partial charge in [-0.25, -0.2) is 8.42 Å². The van der Waals surface area contributed by atoms with Gasteiger partial charge in [-0.15, -0.1) is 0 Å². The van der Waals surface area contributed by atoms with Crippen molar-refractivity contribution in [3.63, 3.8) is 0 Å². The fourth-order valence-corrected chi connectivity index (χ4v) is 2.91. The van der Waals surface area contributed by atoms with Gasteiger partial charge in [-0.3, -0.25) is 9.52 Å². The van der Waals surface area contributed by atoms with Crippen molar-refractivity contribution in [2.24, 2.45) is 0 Å². The van der Waals surface area contributed by atoms with E-state index in [9.17, 15) is 13.2 Å². The second-order valence-electron chi connectivity index (χ2n) is 5.72. The molecule has 0 radical (unpaired) electrons. The number of sulfonamides is 1. The molecule has 6 nitrogen and oxygen atoms in total. The van der Waals surface area contributed by atoms with Crippen molar-refractivity contribution in [2.45, 2.75) is 13.3 Å². The third-order valence-electron chi connectivity index (χ3n) is 3.55. The number of hydrogen-bond donors (Lipinski definition) is 2. The number of anilines is 1. The number of benzene rings is 2. The van der Waals surface area contributed by atoms with E-state index in [2.05, 4.69) is 16.1 Å². The van der Waals surface area contributed by atoms with Crippen LogP contribution < -0.4 is 10.0 Å². The van der Waals surface area contributed by atoms with Gasteiger partial charge in [-0.1, -0.05) is 18.2 Å². The fourth-order valence-electron chi connectivity index (χ4n) is 2.29. The Labute approximate surface area is 147 Å². The van der Waals surface area contributed by atoms with Gasteiger partial charge in [0.25, 0.3) is 5.91 Å². The van der Waals surface area contributed by atoms with Crippen LogP contribution in [0.2, 0.25) is 0 Å². The largest absolute Gasteiger partial charge is 0.352 e. The first-order valence-electron chi connectivity index (χ1n) is 7.64. The number of aryl methyl sites for hydroxylation is 1. The van der Waals surface area contributed by atoms with E-state index < -0.39 is 10.0 Å². The Morgan fingerprint density at radius 1 is 1.20 bits per heavy atom. The molecule has 0 saturated carbocycles. The van der Waals surface area contributed by atoms with Gasteiger partial charge in [0.1, 0.15) is 0 Å². The third-order valence-corrected chi connectivity index (χ3v) is 4.14. The summed E-state index contributed by atoms with van der Waals surface area (Å²) >= 11 is 0. The van der Waals surface area contributed by atoms with Gasteiger partial charge in [0.15, 0.2) is 0 Å². The Bertz CT molecular complexity index is 931. The molecular weight excluding hydrogens is 338 g/mol. The molecule has 2 N–H and O–H groups in total. The molecule has 0 saturated heterocycles. The lowest BCUT2D eigenvalue weighted by molar-refractivity contribution is 0.0954. The van der Waals surface area contributed by atoms with Crippen LogP contribution in [0.25, 0.3) is 0 Å². The summed E-state index contributed by atoms with van der Waals surface area (Å²) < 4.78 is 25.2. The Morgan fingerprint density at radius 2 is 1.96 bits per heavy atom. The van der Waals surface area contributed by atoms with Gasteiger partial charge in [-0.2, -0.15) is 5.26 Å². The maximum absolute atomic E-state index is 12.2. The van der Waals surface area contributed by atoms with Crippen LogP contribution in [0.3, 0.4) is 0 Å². The van der Waals surface area contributed by atoms with E-state index in [0.717, 1.165) is 17.4 Å².